The van der Waals surface area contributed by atoms with Crippen molar-refractivity contribution in [2.24, 2.45) is 0 Å². The zero-order valence-electron chi connectivity index (χ0n) is 14.7. The normalized spacial score (nSPS) is 16.7. The van der Waals surface area contributed by atoms with Crippen molar-refractivity contribution in [3.05, 3.63) is 23.8 Å². The van der Waals surface area contributed by atoms with E-state index in [1.54, 1.807) is 16.4 Å². The lowest BCUT2D eigenvalue weighted by Crippen LogP contribution is -2.46. The summed E-state index contributed by atoms with van der Waals surface area (Å²) < 4.78 is 28.1. The van der Waals surface area contributed by atoms with Crippen molar-refractivity contribution in [3.8, 4) is 0 Å². The van der Waals surface area contributed by atoms with Gasteiger partial charge >= 0.3 is 0 Å². The summed E-state index contributed by atoms with van der Waals surface area (Å²) in [6, 6.07) is 5.54. The second-order valence-electron chi connectivity index (χ2n) is 6.44. The van der Waals surface area contributed by atoms with Gasteiger partial charge in [0, 0.05) is 32.4 Å². The number of nitrogens with zero attached hydrogens (tertiary/aromatic N) is 2. The van der Waals surface area contributed by atoms with Gasteiger partial charge in [0.05, 0.1) is 4.90 Å². The minimum Gasteiger partial charge on any atom is -0.377 e. The first kappa shape index (κ1) is 18.2. The van der Waals surface area contributed by atoms with Gasteiger partial charge in [0.15, 0.2) is 0 Å². The molecule has 0 saturated carbocycles. The molecule has 1 heterocycles. The summed E-state index contributed by atoms with van der Waals surface area (Å²) in [5.74, 6) is 0. The SMILES string of the molecule is CCCN(C1CCNCC1)S(=O)(=O)c1ccc(C)c(N(C)C)c1. The maximum atomic E-state index is 13.2. The van der Waals surface area contributed by atoms with Crippen molar-refractivity contribution in [2.75, 3.05) is 38.6 Å². The highest BCUT2D eigenvalue weighted by molar-refractivity contribution is 7.89. The quantitative estimate of drug-likeness (QED) is 0.863. The van der Waals surface area contributed by atoms with E-state index in [0.29, 0.717) is 11.4 Å². The largest absolute Gasteiger partial charge is 0.377 e. The molecule has 1 aromatic rings. The highest BCUT2D eigenvalue weighted by atomic mass is 32.2. The molecule has 0 amide bonds. The van der Waals surface area contributed by atoms with Gasteiger partial charge in [-0.3, -0.25) is 0 Å². The number of piperidine rings is 1. The molecule has 0 aromatic heterocycles. The topological polar surface area (TPSA) is 52.7 Å². The lowest BCUT2D eigenvalue weighted by molar-refractivity contribution is 0.262. The summed E-state index contributed by atoms with van der Waals surface area (Å²) in [6.45, 7) is 6.39. The average molecular weight is 340 g/mol. The Hall–Kier alpha value is -1.11. The molecule has 130 valence electrons. The van der Waals surface area contributed by atoms with Crippen LogP contribution in [0, 0.1) is 6.92 Å². The predicted octanol–water partition coefficient (Wildman–Crippen LogP) is 2.21. The molecule has 0 unspecified atom stereocenters. The number of hydrogen-bond donors (Lipinski definition) is 1. The van der Waals surface area contributed by atoms with E-state index in [9.17, 15) is 8.42 Å². The van der Waals surface area contributed by atoms with Gasteiger partial charge in [-0.1, -0.05) is 13.0 Å². The molecule has 1 N–H and O–H groups in total. The van der Waals surface area contributed by atoms with Crippen molar-refractivity contribution in [3.63, 3.8) is 0 Å². The van der Waals surface area contributed by atoms with Crippen molar-refractivity contribution < 1.29 is 8.42 Å². The van der Waals surface area contributed by atoms with Gasteiger partial charge in [-0.25, -0.2) is 8.42 Å². The monoisotopic (exact) mass is 339 g/mol. The van der Waals surface area contributed by atoms with Gasteiger partial charge in [-0.2, -0.15) is 4.31 Å². The Labute approximate surface area is 140 Å². The molecule has 6 heteroatoms. The molecule has 0 spiro atoms. The number of hydrogen-bond acceptors (Lipinski definition) is 4. The molecular formula is C17H29N3O2S. The van der Waals surface area contributed by atoms with Gasteiger partial charge in [0.1, 0.15) is 0 Å². The maximum Gasteiger partial charge on any atom is 0.243 e. The lowest BCUT2D eigenvalue weighted by Gasteiger charge is -2.33. The van der Waals surface area contributed by atoms with Crippen LogP contribution in [0.5, 0.6) is 0 Å². The van der Waals surface area contributed by atoms with Crippen molar-refractivity contribution in [2.45, 2.75) is 44.0 Å². The van der Waals surface area contributed by atoms with Crippen molar-refractivity contribution in [1.29, 1.82) is 0 Å². The molecule has 5 nitrogen and oxygen atoms in total. The van der Waals surface area contributed by atoms with E-state index in [1.807, 2.05) is 38.9 Å². The standard InChI is InChI=1S/C17H29N3O2S/c1-5-12-20(15-8-10-18-11-9-15)23(21,22)16-7-6-14(2)17(13-16)19(3)4/h6-7,13,15,18H,5,8-12H2,1-4H3. The summed E-state index contributed by atoms with van der Waals surface area (Å²) in [5, 5.41) is 3.31. The van der Waals surface area contributed by atoms with Gasteiger partial charge in [-0.05, 0) is 57.0 Å². The van der Waals surface area contributed by atoms with E-state index in [0.717, 1.165) is 43.6 Å². The van der Waals surface area contributed by atoms with Crippen LogP contribution in [0.3, 0.4) is 0 Å². The Morgan fingerprint density at radius 3 is 2.43 bits per heavy atom. The minimum atomic E-state index is -3.46. The molecule has 1 aliphatic heterocycles. The van der Waals surface area contributed by atoms with Crippen LogP contribution in [-0.4, -0.2) is 52.5 Å². The first-order valence-corrected chi connectivity index (χ1v) is 9.82. The van der Waals surface area contributed by atoms with E-state index in [1.165, 1.54) is 0 Å². The second kappa shape index (κ2) is 7.64. The summed E-state index contributed by atoms with van der Waals surface area (Å²) in [4.78, 5) is 2.36. The fourth-order valence-electron chi connectivity index (χ4n) is 3.18. The second-order valence-corrected chi connectivity index (χ2v) is 8.33. The van der Waals surface area contributed by atoms with Gasteiger partial charge < -0.3 is 10.2 Å². The molecule has 23 heavy (non-hydrogen) atoms. The number of rotatable bonds is 6. The highest BCUT2D eigenvalue weighted by Gasteiger charge is 2.32. The Kier molecular flexibility index (Phi) is 6.06. The van der Waals surface area contributed by atoms with Crippen LogP contribution in [0.25, 0.3) is 0 Å². The average Bonchev–Trinajstić information content (AvgIpc) is 2.53. The summed E-state index contributed by atoms with van der Waals surface area (Å²) in [6.07, 6.45) is 2.59. The Balaban J connectivity index is 2.38. The molecular weight excluding hydrogens is 310 g/mol. The Bertz CT molecular complexity index is 623. The third-order valence-corrected chi connectivity index (χ3v) is 6.38. The summed E-state index contributed by atoms with van der Waals surface area (Å²) in [7, 11) is 0.423. The van der Waals surface area contributed by atoms with E-state index in [2.05, 4.69) is 5.32 Å². The minimum absolute atomic E-state index is 0.102. The molecule has 0 radical (unpaired) electrons. The summed E-state index contributed by atoms with van der Waals surface area (Å²) in [5.41, 5.74) is 2.03. The van der Waals surface area contributed by atoms with Crippen LogP contribution >= 0.6 is 0 Å². The maximum absolute atomic E-state index is 13.2. The number of nitrogens with one attached hydrogen (secondary N) is 1. The molecule has 1 fully saturated rings. The molecule has 2 rings (SSSR count). The highest BCUT2D eigenvalue weighted by Crippen LogP contribution is 2.27. The smallest absolute Gasteiger partial charge is 0.243 e. The predicted molar refractivity (Wildman–Crippen MR) is 95.6 cm³/mol. The van der Waals surface area contributed by atoms with Gasteiger partial charge in [0.2, 0.25) is 10.0 Å². The van der Waals surface area contributed by atoms with E-state index < -0.39 is 10.0 Å². The van der Waals surface area contributed by atoms with E-state index in [-0.39, 0.29) is 6.04 Å². The van der Waals surface area contributed by atoms with Crippen molar-refractivity contribution >= 4 is 15.7 Å². The first-order chi connectivity index (χ1) is 10.9. The third-order valence-electron chi connectivity index (χ3n) is 4.43. The van der Waals surface area contributed by atoms with Crippen molar-refractivity contribution in [1.82, 2.24) is 9.62 Å². The number of sulfonamides is 1. The van der Waals surface area contributed by atoms with Gasteiger partial charge in [-0.15, -0.1) is 0 Å². The Morgan fingerprint density at radius 1 is 1.22 bits per heavy atom. The molecule has 1 aliphatic rings. The number of benzene rings is 1. The molecule has 1 aromatic carbocycles. The molecule has 1 saturated heterocycles. The van der Waals surface area contributed by atoms with Crippen LogP contribution < -0.4 is 10.2 Å². The fourth-order valence-corrected chi connectivity index (χ4v) is 4.98. The van der Waals surface area contributed by atoms with E-state index in [4.69, 9.17) is 0 Å². The fraction of sp³-hybridized carbons (Fsp3) is 0.647. The van der Waals surface area contributed by atoms with Crippen LogP contribution in [-0.2, 0) is 10.0 Å². The zero-order valence-corrected chi connectivity index (χ0v) is 15.5. The first-order valence-electron chi connectivity index (χ1n) is 8.38. The summed E-state index contributed by atoms with van der Waals surface area (Å²) >= 11 is 0. The van der Waals surface area contributed by atoms with E-state index >= 15 is 0 Å². The molecule has 0 aliphatic carbocycles. The van der Waals surface area contributed by atoms with Crippen LogP contribution in [0.15, 0.2) is 23.1 Å². The Morgan fingerprint density at radius 2 is 1.87 bits per heavy atom. The molecule has 0 bridgehead atoms. The molecule has 0 atom stereocenters. The van der Waals surface area contributed by atoms with Crippen LogP contribution in [0.2, 0.25) is 0 Å². The lowest BCUT2D eigenvalue weighted by atomic mass is 10.1. The van der Waals surface area contributed by atoms with Crippen LogP contribution in [0.4, 0.5) is 5.69 Å². The van der Waals surface area contributed by atoms with Gasteiger partial charge in [0.25, 0.3) is 0 Å². The number of anilines is 1. The third kappa shape index (κ3) is 4.05. The number of aryl methyl sites for hydroxylation is 1. The van der Waals surface area contributed by atoms with Crippen LogP contribution in [0.1, 0.15) is 31.7 Å². The zero-order chi connectivity index (χ0) is 17.0.